The van der Waals surface area contributed by atoms with Crippen LogP contribution in [0.4, 0.5) is 34.1 Å². The fourth-order valence-corrected chi connectivity index (χ4v) is 16.0. The van der Waals surface area contributed by atoms with E-state index in [-0.39, 0.29) is 12.1 Å². The molecular weight excluding hydrogens is 1060 g/mol. The molecule has 2 aliphatic rings. The maximum Gasteiger partial charge on any atom is 0.252 e. The zero-order valence-electron chi connectivity index (χ0n) is 48.7. The van der Waals surface area contributed by atoms with Crippen molar-refractivity contribution in [1.82, 2.24) is 9.13 Å². The average molecular weight is 1120 g/mol. The van der Waals surface area contributed by atoms with Gasteiger partial charge in [0.2, 0.25) is 0 Å². The van der Waals surface area contributed by atoms with E-state index in [1.165, 1.54) is 142 Å². The lowest BCUT2D eigenvalue weighted by molar-refractivity contribution is 0.590. The topological polar surface area (TPSA) is 16.3 Å². The number of aryl methyl sites for hydroxylation is 1. The Morgan fingerprint density at radius 1 is 0.395 bits per heavy atom. The summed E-state index contributed by atoms with van der Waals surface area (Å²) in [4.78, 5) is 5.42. The van der Waals surface area contributed by atoms with Gasteiger partial charge in [0, 0.05) is 87.0 Å². The summed E-state index contributed by atoms with van der Waals surface area (Å²) >= 11 is 1.96. The molecule has 6 heteroatoms. The number of hydrogen-bond acceptors (Lipinski definition) is 3. The first-order chi connectivity index (χ1) is 42.3. The number of nitrogens with zero attached hydrogens (tertiary/aromatic N) is 4. The summed E-state index contributed by atoms with van der Waals surface area (Å²) in [6, 6.07) is 98.7. The third-order valence-electron chi connectivity index (χ3n) is 18.7. The predicted octanol–water partition coefficient (Wildman–Crippen LogP) is 20.3. The molecule has 5 heterocycles. The fourth-order valence-electron chi connectivity index (χ4n) is 14.7. The number of anilines is 6. The van der Waals surface area contributed by atoms with E-state index >= 15 is 0 Å². The van der Waals surface area contributed by atoms with E-state index in [1.54, 1.807) is 0 Å². The smallest absolute Gasteiger partial charge is 0.252 e. The number of aromatic nitrogens is 2. The Labute approximate surface area is 506 Å². The molecule has 0 bridgehead atoms. The molecule has 0 fully saturated rings. The number of unbranched alkanes of at least 4 members (excludes halogenated alkanes) is 1. The summed E-state index contributed by atoms with van der Waals surface area (Å²) in [7, 11) is 0. The molecule has 0 spiro atoms. The van der Waals surface area contributed by atoms with Gasteiger partial charge >= 0.3 is 0 Å². The lowest BCUT2D eigenvalue weighted by Gasteiger charge is -2.46. The second-order valence-corrected chi connectivity index (χ2v) is 25.6. The number of hydrogen-bond donors (Lipinski definition) is 0. The van der Waals surface area contributed by atoms with Crippen molar-refractivity contribution in [2.45, 2.75) is 52.4 Å². The highest BCUT2D eigenvalue weighted by Crippen LogP contribution is 2.53. The van der Waals surface area contributed by atoms with E-state index in [2.05, 4.69) is 307 Å². The van der Waals surface area contributed by atoms with Crippen molar-refractivity contribution in [3.63, 3.8) is 0 Å². The Hall–Kier alpha value is -9.88. The van der Waals surface area contributed by atoms with Crippen LogP contribution in [0.5, 0.6) is 0 Å². The molecule has 15 aromatic rings. The van der Waals surface area contributed by atoms with Gasteiger partial charge in [-0.3, -0.25) is 0 Å². The first kappa shape index (κ1) is 50.6. The molecule has 0 atom stereocenters. The van der Waals surface area contributed by atoms with Crippen molar-refractivity contribution < 1.29 is 0 Å². The second-order valence-electron chi connectivity index (χ2n) is 24.6. The molecule has 86 heavy (non-hydrogen) atoms. The van der Waals surface area contributed by atoms with Gasteiger partial charge in [-0.2, -0.15) is 0 Å². The molecular formula is C80H61BN4S. The van der Waals surface area contributed by atoms with Crippen LogP contribution in [0.3, 0.4) is 0 Å². The van der Waals surface area contributed by atoms with Crippen LogP contribution in [-0.4, -0.2) is 15.8 Å². The van der Waals surface area contributed by atoms with Gasteiger partial charge in [-0.05, 0) is 130 Å². The highest BCUT2D eigenvalue weighted by atomic mass is 32.1. The molecule has 2 aliphatic heterocycles. The van der Waals surface area contributed by atoms with Gasteiger partial charge in [0.05, 0.1) is 33.4 Å². The van der Waals surface area contributed by atoms with E-state index in [4.69, 9.17) is 0 Å². The quantitative estimate of drug-likeness (QED) is 0.134. The van der Waals surface area contributed by atoms with Gasteiger partial charge in [0.25, 0.3) is 6.71 Å². The minimum atomic E-state index is -0.240. The van der Waals surface area contributed by atoms with Gasteiger partial charge in [0.1, 0.15) is 0 Å². The SMILES string of the molecule is CCCCc1c(N2c3cc(-n4c5ccccc5c5ccccc54)ccc3B3c4ccc(-n5c6ccccc6c6ccccc65)cc4N(c4c(-c5ccccc5)cccc4-c4ccccc4)c4cc(C(C)(C)C)cc2c43)ccc2c1sc1ccccc12. The molecule has 0 radical (unpaired) electrons. The number of thiophene rings is 1. The van der Waals surface area contributed by atoms with E-state index < -0.39 is 0 Å². The molecule has 0 saturated carbocycles. The second kappa shape index (κ2) is 19.6. The minimum Gasteiger partial charge on any atom is -0.311 e. The lowest BCUT2D eigenvalue weighted by Crippen LogP contribution is -2.61. The third-order valence-corrected chi connectivity index (χ3v) is 19.9. The van der Waals surface area contributed by atoms with Gasteiger partial charge in [-0.25, -0.2) is 0 Å². The number of rotatable bonds is 9. The highest BCUT2D eigenvalue weighted by Gasteiger charge is 2.46. The molecule has 12 aromatic carbocycles. The molecule has 0 aliphatic carbocycles. The first-order valence-electron chi connectivity index (χ1n) is 30.5. The normalized spacial score (nSPS) is 13.0. The molecule has 0 unspecified atom stereocenters. The maximum atomic E-state index is 2.73. The third kappa shape index (κ3) is 7.62. The number of fused-ring (bicyclic) bond motifs is 13. The Balaban J connectivity index is 1.03. The van der Waals surface area contributed by atoms with E-state index in [0.717, 1.165) is 36.3 Å². The molecule has 410 valence electrons. The minimum absolute atomic E-state index is 0.137. The van der Waals surface area contributed by atoms with Crippen molar-refractivity contribution in [3.05, 3.63) is 272 Å². The van der Waals surface area contributed by atoms with Gasteiger partial charge < -0.3 is 18.9 Å². The van der Waals surface area contributed by atoms with E-state index in [1.807, 2.05) is 11.3 Å². The van der Waals surface area contributed by atoms with Crippen LogP contribution in [0.1, 0.15) is 51.7 Å². The monoisotopic (exact) mass is 1120 g/mol. The van der Waals surface area contributed by atoms with Gasteiger partial charge in [0.15, 0.2) is 0 Å². The van der Waals surface area contributed by atoms with Gasteiger partial charge in [-0.15, -0.1) is 11.3 Å². The molecule has 17 rings (SSSR count). The fraction of sp³-hybridized carbons (Fsp3) is 0.100. The Bertz CT molecular complexity index is 5070. The van der Waals surface area contributed by atoms with Crippen LogP contribution in [0.25, 0.3) is 97.4 Å². The lowest BCUT2D eigenvalue weighted by atomic mass is 9.33. The summed E-state index contributed by atoms with van der Waals surface area (Å²) in [6.07, 6.45) is 3.14. The van der Waals surface area contributed by atoms with Crippen LogP contribution in [0.2, 0.25) is 0 Å². The van der Waals surface area contributed by atoms with E-state index in [0.29, 0.717) is 0 Å². The predicted molar refractivity (Wildman–Crippen MR) is 370 cm³/mol. The van der Waals surface area contributed by atoms with E-state index in [9.17, 15) is 0 Å². The molecule has 3 aromatic heterocycles. The number of benzene rings is 12. The highest BCUT2D eigenvalue weighted by molar-refractivity contribution is 7.26. The molecule has 0 saturated heterocycles. The largest absolute Gasteiger partial charge is 0.311 e. The average Bonchev–Trinajstić information content (AvgIpc) is 0.859. The van der Waals surface area contributed by atoms with Crippen molar-refractivity contribution >= 4 is 132 Å². The van der Waals surface area contributed by atoms with Crippen LogP contribution >= 0.6 is 11.3 Å². The Morgan fingerprint density at radius 2 is 0.860 bits per heavy atom. The van der Waals surface area contributed by atoms with Crippen molar-refractivity contribution in [3.8, 4) is 33.6 Å². The molecule has 0 N–H and O–H groups in total. The van der Waals surface area contributed by atoms with Crippen molar-refractivity contribution in [2.24, 2.45) is 0 Å². The summed E-state index contributed by atoms with van der Waals surface area (Å²) in [5, 5.41) is 7.67. The Kier molecular flexibility index (Phi) is 11.5. The van der Waals surface area contributed by atoms with Crippen molar-refractivity contribution in [1.29, 1.82) is 0 Å². The Morgan fingerprint density at radius 3 is 1.37 bits per heavy atom. The molecule has 4 nitrogen and oxygen atoms in total. The van der Waals surface area contributed by atoms with Crippen LogP contribution in [0.15, 0.2) is 261 Å². The standard InChI is InChI=1S/C80H61BN4S/c1-5-6-28-64-71(46-43-63-62-33-17-22-40-76(62)86-79(63)64)84-72-49-54(82-67-36-18-13-29-58(67)59-30-14-19-37-68(59)82)41-44-65(72)81-66-45-42-55(83-69-38-20-15-31-60(69)61-32-16-21-39-70(61)83)50-73(66)85(75-48-53(80(2,3)4)47-74(84)77(75)81)78-56(51-24-9-7-10-25-51)34-23-35-57(78)52-26-11-8-12-27-52/h7-27,29-50H,5-6,28H2,1-4H3. The first-order valence-corrected chi connectivity index (χ1v) is 31.3. The summed E-state index contributed by atoms with van der Waals surface area (Å²) in [6.45, 7) is 9.38. The van der Waals surface area contributed by atoms with Gasteiger partial charge in [-0.1, -0.05) is 222 Å². The molecule has 0 amide bonds. The van der Waals surface area contributed by atoms with Crippen LogP contribution in [0, 0.1) is 0 Å². The summed E-state index contributed by atoms with van der Waals surface area (Å²) in [5.74, 6) is 0. The zero-order valence-corrected chi connectivity index (χ0v) is 49.5. The maximum absolute atomic E-state index is 2.73. The summed E-state index contributed by atoms with van der Waals surface area (Å²) < 4.78 is 7.71. The van der Waals surface area contributed by atoms with Crippen LogP contribution < -0.4 is 26.2 Å². The van der Waals surface area contributed by atoms with Crippen LogP contribution in [-0.2, 0) is 11.8 Å². The summed E-state index contributed by atoms with van der Waals surface area (Å²) in [5.41, 5.74) is 25.3. The van der Waals surface area contributed by atoms with Crippen molar-refractivity contribution in [2.75, 3.05) is 9.80 Å². The number of para-hydroxylation sites is 5. The zero-order chi connectivity index (χ0) is 57.4.